The minimum absolute atomic E-state index is 0.196. The summed E-state index contributed by atoms with van der Waals surface area (Å²) in [4.78, 5) is 10.2. The van der Waals surface area contributed by atoms with Gasteiger partial charge in [0.25, 0.3) is 0 Å². The second kappa shape index (κ2) is 13.0. The SMILES string of the molecule is Cc1cc(-c2c(-c3ccc4c(c3)oc3ccccc34)c3ccccc3n2C)cc(-c2cccc(-c3cc(-c4ccccc4)cc(-c4ccccc4O)n3)c2)n1. The van der Waals surface area contributed by atoms with E-state index in [0.29, 0.717) is 11.3 Å². The van der Waals surface area contributed by atoms with Crippen LogP contribution in [0.4, 0.5) is 0 Å². The Morgan fingerprint density at radius 3 is 1.96 bits per heavy atom. The number of phenols is 1. The average molecular weight is 710 g/mol. The third-order valence-electron chi connectivity index (χ3n) is 10.6. The van der Waals surface area contributed by atoms with Crippen molar-refractivity contribution in [3.63, 3.8) is 0 Å². The molecule has 55 heavy (non-hydrogen) atoms. The molecular weight excluding hydrogens is 675 g/mol. The highest BCUT2D eigenvalue weighted by molar-refractivity contribution is 6.09. The fourth-order valence-corrected chi connectivity index (χ4v) is 8.00. The normalized spacial score (nSPS) is 11.5. The zero-order valence-electron chi connectivity index (χ0n) is 30.4. The van der Waals surface area contributed by atoms with Crippen LogP contribution in [0.15, 0.2) is 174 Å². The molecule has 262 valence electrons. The highest BCUT2D eigenvalue weighted by Gasteiger charge is 2.21. The van der Waals surface area contributed by atoms with Gasteiger partial charge in [-0.05, 0) is 90.3 Å². The van der Waals surface area contributed by atoms with Crippen molar-refractivity contribution in [2.24, 2.45) is 7.05 Å². The first-order valence-corrected chi connectivity index (χ1v) is 18.4. The van der Waals surface area contributed by atoms with Crippen LogP contribution in [-0.2, 0) is 7.05 Å². The summed E-state index contributed by atoms with van der Waals surface area (Å²) in [7, 11) is 2.14. The fraction of sp³-hybridized carbons (Fsp3) is 0.0400. The van der Waals surface area contributed by atoms with E-state index in [1.807, 2.05) is 54.6 Å². The van der Waals surface area contributed by atoms with Crippen LogP contribution in [0.1, 0.15) is 5.69 Å². The third-order valence-corrected chi connectivity index (χ3v) is 10.6. The Labute approximate surface area is 318 Å². The second-order valence-electron chi connectivity index (χ2n) is 14.1. The van der Waals surface area contributed by atoms with Crippen LogP contribution < -0.4 is 0 Å². The number of benzene rings is 6. The van der Waals surface area contributed by atoms with Crippen LogP contribution in [0.2, 0.25) is 0 Å². The molecule has 0 radical (unpaired) electrons. The molecular formula is C50H35N3O2. The molecule has 0 bridgehead atoms. The van der Waals surface area contributed by atoms with Crippen LogP contribution in [-0.4, -0.2) is 19.6 Å². The maximum absolute atomic E-state index is 10.8. The third kappa shape index (κ3) is 5.65. The molecule has 0 aliphatic heterocycles. The predicted octanol–water partition coefficient (Wildman–Crippen LogP) is 12.9. The van der Waals surface area contributed by atoms with Crippen LogP contribution in [0.3, 0.4) is 0 Å². The highest BCUT2D eigenvalue weighted by atomic mass is 16.3. The molecule has 1 N–H and O–H groups in total. The predicted molar refractivity (Wildman–Crippen MR) is 225 cm³/mol. The molecule has 0 spiro atoms. The van der Waals surface area contributed by atoms with Gasteiger partial charge < -0.3 is 14.1 Å². The van der Waals surface area contributed by atoms with Crippen LogP contribution in [0.5, 0.6) is 5.75 Å². The van der Waals surface area contributed by atoms with Gasteiger partial charge in [-0.25, -0.2) is 4.98 Å². The molecule has 0 atom stereocenters. The Balaban J connectivity index is 1.12. The molecule has 10 rings (SSSR count). The lowest BCUT2D eigenvalue weighted by molar-refractivity contribution is 0.477. The zero-order chi connectivity index (χ0) is 37.0. The minimum Gasteiger partial charge on any atom is -0.507 e. The number of phenolic OH excluding ortho intramolecular Hbond substituents is 1. The van der Waals surface area contributed by atoms with Gasteiger partial charge in [-0.3, -0.25) is 4.98 Å². The lowest BCUT2D eigenvalue weighted by Crippen LogP contribution is -1.96. The van der Waals surface area contributed by atoms with Gasteiger partial charge in [0.2, 0.25) is 0 Å². The Morgan fingerprint density at radius 1 is 0.473 bits per heavy atom. The molecule has 0 aliphatic carbocycles. The van der Waals surface area contributed by atoms with Crippen molar-refractivity contribution in [1.82, 2.24) is 14.5 Å². The topological polar surface area (TPSA) is 64.1 Å². The van der Waals surface area contributed by atoms with Gasteiger partial charge in [-0.2, -0.15) is 0 Å². The maximum Gasteiger partial charge on any atom is 0.136 e. The molecule has 0 unspecified atom stereocenters. The number of aryl methyl sites for hydroxylation is 2. The molecule has 4 aromatic heterocycles. The molecule has 0 saturated heterocycles. The van der Waals surface area contributed by atoms with E-state index in [4.69, 9.17) is 14.4 Å². The average Bonchev–Trinajstić information content (AvgIpc) is 3.75. The summed E-state index contributed by atoms with van der Waals surface area (Å²) in [5.41, 5.74) is 15.4. The van der Waals surface area contributed by atoms with Gasteiger partial charge in [0, 0.05) is 62.2 Å². The molecule has 5 heteroatoms. The Morgan fingerprint density at radius 2 is 1.13 bits per heavy atom. The summed E-state index contributed by atoms with van der Waals surface area (Å²) in [6.45, 7) is 2.06. The van der Waals surface area contributed by atoms with Gasteiger partial charge in [0.05, 0.1) is 22.8 Å². The van der Waals surface area contributed by atoms with E-state index in [1.165, 1.54) is 5.39 Å². The van der Waals surface area contributed by atoms with Crippen molar-refractivity contribution in [3.05, 3.63) is 176 Å². The van der Waals surface area contributed by atoms with Gasteiger partial charge in [0.1, 0.15) is 16.9 Å². The van der Waals surface area contributed by atoms with Crippen molar-refractivity contribution < 1.29 is 9.52 Å². The number of nitrogens with zero attached hydrogens (tertiary/aromatic N) is 3. The van der Waals surface area contributed by atoms with Crippen molar-refractivity contribution in [1.29, 1.82) is 0 Å². The highest BCUT2D eigenvalue weighted by Crippen LogP contribution is 2.43. The standard InChI is InChI=1S/C50H35N3O2/c1-31-25-37(50-49(41-19-6-9-20-45(41)53(50)2)35-23-24-39-38-17-8-11-22-47(38)55-48(39)30-35)29-42(51-31)33-15-12-16-34(26-33)43-27-36(32-13-4-3-5-14-32)28-44(52-43)40-18-7-10-21-46(40)54/h3-30,54H,1-2H3. The van der Waals surface area contributed by atoms with Crippen molar-refractivity contribution in [2.75, 3.05) is 0 Å². The molecule has 0 fully saturated rings. The summed E-state index contributed by atoms with van der Waals surface area (Å²) in [5, 5.41) is 14.2. The number of pyridine rings is 2. The van der Waals surface area contributed by atoms with Crippen LogP contribution in [0.25, 0.3) is 100 Å². The van der Waals surface area contributed by atoms with E-state index in [9.17, 15) is 5.11 Å². The summed E-state index contributed by atoms with van der Waals surface area (Å²) >= 11 is 0. The minimum atomic E-state index is 0.196. The maximum atomic E-state index is 10.8. The Hall–Kier alpha value is -7.24. The lowest BCUT2D eigenvalue weighted by Gasteiger charge is -2.14. The second-order valence-corrected chi connectivity index (χ2v) is 14.1. The summed E-state index contributed by atoms with van der Waals surface area (Å²) in [5.74, 6) is 0.196. The number of fused-ring (bicyclic) bond motifs is 4. The Bertz CT molecular complexity index is 3080. The smallest absolute Gasteiger partial charge is 0.136 e. The Kier molecular flexibility index (Phi) is 7.67. The van der Waals surface area contributed by atoms with Gasteiger partial charge in [-0.1, -0.05) is 103 Å². The summed E-state index contributed by atoms with van der Waals surface area (Å²) in [6, 6.07) is 58.0. The van der Waals surface area contributed by atoms with Crippen molar-refractivity contribution in [2.45, 2.75) is 6.92 Å². The van der Waals surface area contributed by atoms with Crippen molar-refractivity contribution in [3.8, 4) is 73.0 Å². The number of furan rings is 1. The molecule has 0 amide bonds. The number of hydrogen-bond acceptors (Lipinski definition) is 4. The van der Waals surface area contributed by atoms with E-state index in [0.717, 1.165) is 89.2 Å². The largest absolute Gasteiger partial charge is 0.507 e. The summed E-state index contributed by atoms with van der Waals surface area (Å²) in [6.07, 6.45) is 0. The fourth-order valence-electron chi connectivity index (χ4n) is 8.00. The molecule has 6 aromatic carbocycles. The van der Waals surface area contributed by atoms with Gasteiger partial charge >= 0.3 is 0 Å². The first-order valence-electron chi connectivity index (χ1n) is 18.4. The first-order chi connectivity index (χ1) is 27.0. The van der Waals surface area contributed by atoms with E-state index in [2.05, 4.69) is 128 Å². The molecule has 5 nitrogen and oxygen atoms in total. The molecule has 10 aromatic rings. The zero-order valence-corrected chi connectivity index (χ0v) is 30.4. The number of rotatable bonds is 6. The van der Waals surface area contributed by atoms with E-state index in [1.54, 1.807) is 6.07 Å². The molecule has 0 saturated carbocycles. The van der Waals surface area contributed by atoms with E-state index >= 15 is 0 Å². The molecule has 0 aliphatic rings. The van der Waals surface area contributed by atoms with E-state index in [-0.39, 0.29) is 5.75 Å². The quantitative estimate of drug-likeness (QED) is 0.187. The number of aromatic hydroxyl groups is 1. The monoisotopic (exact) mass is 709 g/mol. The van der Waals surface area contributed by atoms with Gasteiger partial charge in [0.15, 0.2) is 0 Å². The number of hydrogen-bond donors (Lipinski definition) is 1. The molecule has 4 heterocycles. The van der Waals surface area contributed by atoms with Crippen LogP contribution in [0, 0.1) is 6.92 Å². The number of para-hydroxylation sites is 3. The van der Waals surface area contributed by atoms with E-state index < -0.39 is 0 Å². The number of aromatic nitrogens is 3. The lowest BCUT2D eigenvalue weighted by atomic mass is 9.96. The van der Waals surface area contributed by atoms with Gasteiger partial charge in [-0.15, -0.1) is 0 Å². The summed E-state index contributed by atoms with van der Waals surface area (Å²) < 4.78 is 8.65. The van der Waals surface area contributed by atoms with Crippen LogP contribution >= 0.6 is 0 Å². The first kappa shape index (κ1) is 32.4. The van der Waals surface area contributed by atoms with Crippen molar-refractivity contribution >= 4 is 32.8 Å².